The zero-order chi connectivity index (χ0) is 10.7. The number of ether oxygens (including phenoxy) is 1. The molecule has 3 heteroatoms. The summed E-state index contributed by atoms with van der Waals surface area (Å²) in [5.41, 5.74) is 4.87. The normalized spacial score (nSPS) is 17.7. The summed E-state index contributed by atoms with van der Waals surface area (Å²) < 4.78 is 5.26. The molecule has 1 fully saturated rings. The Balaban J connectivity index is 2.17. The molecule has 1 aromatic carbocycles. The van der Waals surface area contributed by atoms with Crippen LogP contribution in [0.3, 0.4) is 0 Å². The molecule has 3 nitrogen and oxygen atoms in total. The van der Waals surface area contributed by atoms with Crippen molar-refractivity contribution < 1.29 is 9.94 Å². The first-order valence-corrected chi connectivity index (χ1v) is 5.26. The molecule has 0 radical (unpaired) electrons. The van der Waals surface area contributed by atoms with E-state index in [4.69, 9.17) is 9.94 Å². The van der Waals surface area contributed by atoms with Crippen molar-refractivity contribution in [3.05, 3.63) is 35.4 Å². The van der Waals surface area contributed by atoms with E-state index in [0.29, 0.717) is 6.54 Å². The van der Waals surface area contributed by atoms with Gasteiger partial charge in [0.2, 0.25) is 0 Å². The predicted molar refractivity (Wildman–Crippen MR) is 57.9 cm³/mol. The maximum absolute atomic E-state index is 8.66. The van der Waals surface area contributed by atoms with Gasteiger partial charge in [-0.05, 0) is 24.0 Å². The van der Waals surface area contributed by atoms with Crippen LogP contribution in [0.1, 0.15) is 24.0 Å². The average Bonchev–Trinajstić information content (AvgIpc) is 3.01. The Hall–Kier alpha value is -0.900. The van der Waals surface area contributed by atoms with Crippen molar-refractivity contribution in [2.75, 3.05) is 13.7 Å². The van der Waals surface area contributed by atoms with Crippen LogP contribution >= 0.6 is 0 Å². The van der Waals surface area contributed by atoms with Crippen LogP contribution in [0.15, 0.2) is 24.3 Å². The summed E-state index contributed by atoms with van der Waals surface area (Å²) in [7, 11) is 1.75. The van der Waals surface area contributed by atoms with Crippen LogP contribution in [-0.4, -0.2) is 18.9 Å². The molecule has 0 aromatic heterocycles. The maximum atomic E-state index is 8.66. The largest absolute Gasteiger partial charge is 0.384 e. The van der Waals surface area contributed by atoms with Gasteiger partial charge in [0.05, 0.1) is 6.61 Å². The third kappa shape index (κ3) is 2.20. The van der Waals surface area contributed by atoms with E-state index in [9.17, 15) is 0 Å². The van der Waals surface area contributed by atoms with Crippen molar-refractivity contribution in [1.82, 2.24) is 5.48 Å². The summed E-state index contributed by atoms with van der Waals surface area (Å²) in [4.78, 5) is 0. The smallest absolute Gasteiger partial charge is 0.0559 e. The van der Waals surface area contributed by atoms with Gasteiger partial charge in [-0.25, -0.2) is 5.48 Å². The van der Waals surface area contributed by atoms with Gasteiger partial charge in [-0.2, -0.15) is 0 Å². The highest BCUT2D eigenvalue weighted by Crippen LogP contribution is 2.48. The second-order valence-corrected chi connectivity index (χ2v) is 4.25. The molecule has 0 amide bonds. The van der Waals surface area contributed by atoms with Gasteiger partial charge >= 0.3 is 0 Å². The molecule has 1 aromatic rings. The minimum absolute atomic E-state index is 0.250. The van der Waals surface area contributed by atoms with Crippen LogP contribution in [-0.2, 0) is 16.7 Å². The van der Waals surface area contributed by atoms with Gasteiger partial charge in [0, 0.05) is 19.1 Å². The molecule has 0 unspecified atom stereocenters. The number of rotatable bonds is 5. The van der Waals surface area contributed by atoms with E-state index in [1.54, 1.807) is 7.11 Å². The van der Waals surface area contributed by atoms with Crippen molar-refractivity contribution in [2.24, 2.45) is 0 Å². The Bertz CT molecular complexity index is 334. The lowest BCUT2D eigenvalue weighted by molar-refractivity contribution is 0.161. The van der Waals surface area contributed by atoms with Gasteiger partial charge in [-0.1, -0.05) is 24.3 Å². The Morgan fingerprint density at radius 1 is 1.47 bits per heavy atom. The first-order valence-electron chi connectivity index (χ1n) is 5.26. The van der Waals surface area contributed by atoms with Crippen LogP contribution in [0.4, 0.5) is 0 Å². The predicted octanol–water partition coefficient (Wildman–Crippen LogP) is 1.84. The molecule has 15 heavy (non-hydrogen) atoms. The topological polar surface area (TPSA) is 41.5 Å². The first kappa shape index (κ1) is 10.6. The molecule has 1 aliphatic rings. The summed E-state index contributed by atoms with van der Waals surface area (Å²) in [6.07, 6.45) is 2.41. The number of nitrogens with one attached hydrogen (secondary N) is 1. The fourth-order valence-electron chi connectivity index (χ4n) is 2.05. The monoisotopic (exact) mass is 207 g/mol. The summed E-state index contributed by atoms with van der Waals surface area (Å²) in [6.45, 7) is 1.29. The third-order valence-electron chi connectivity index (χ3n) is 3.10. The fourth-order valence-corrected chi connectivity index (χ4v) is 2.05. The van der Waals surface area contributed by atoms with E-state index in [1.807, 2.05) is 12.1 Å². The van der Waals surface area contributed by atoms with Crippen molar-refractivity contribution >= 4 is 0 Å². The van der Waals surface area contributed by atoms with Gasteiger partial charge in [0.15, 0.2) is 0 Å². The Labute approximate surface area is 90.0 Å². The van der Waals surface area contributed by atoms with E-state index in [-0.39, 0.29) is 5.41 Å². The number of benzene rings is 1. The van der Waals surface area contributed by atoms with Crippen LogP contribution in [0.25, 0.3) is 0 Å². The molecule has 82 valence electrons. The van der Waals surface area contributed by atoms with Crippen LogP contribution < -0.4 is 5.48 Å². The molecular weight excluding hydrogens is 190 g/mol. The second kappa shape index (κ2) is 4.31. The van der Waals surface area contributed by atoms with Gasteiger partial charge < -0.3 is 9.94 Å². The van der Waals surface area contributed by atoms with Gasteiger partial charge in [-0.15, -0.1) is 0 Å². The molecule has 0 aliphatic heterocycles. The minimum atomic E-state index is 0.250. The molecule has 0 saturated heterocycles. The van der Waals surface area contributed by atoms with Crippen molar-refractivity contribution in [3.8, 4) is 0 Å². The minimum Gasteiger partial charge on any atom is -0.384 e. The zero-order valence-electron chi connectivity index (χ0n) is 8.99. The van der Waals surface area contributed by atoms with Crippen LogP contribution in [0.2, 0.25) is 0 Å². The average molecular weight is 207 g/mol. The lowest BCUT2D eigenvalue weighted by Crippen LogP contribution is -2.15. The van der Waals surface area contributed by atoms with Crippen LogP contribution in [0, 0.1) is 0 Å². The molecule has 1 saturated carbocycles. The summed E-state index contributed by atoms with van der Waals surface area (Å²) in [6, 6.07) is 8.34. The summed E-state index contributed by atoms with van der Waals surface area (Å²) in [5.74, 6) is 0. The van der Waals surface area contributed by atoms with E-state index in [2.05, 4.69) is 17.6 Å². The molecule has 1 aliphatic carbocycles. The fraction of sp³-hybridized carbons (Fsp3) is 0.500. The number of hydrogen-bond acceptors (Lipinski definition) is 3. The van der Waals surface area contributed by atoms with Gasteiger partial charge in [0.1, 0.15) is 0 Å². The van der Waals surface area contributed by atoms with Gasteiger partial charge in [-0.3, -0.25) is 0 Å². The quantitative estimate of drug-likeness (QED) is 0.724. The number of hydroxylamine groups is 1. The summed E-state index contributed by atoms with van der Waals surface area (Å²) in [5, 5.41) is 8.66. The highest BCUT2D eigenvalue weighted by atomic mass is 16.5. The lowest BCUT2D eigenvalue weighted by Gasteiger charge is -2.15. The van der Waals surface area contributed by atoms with Crippen LogP contribution in [0.5, 0.6) is 0 Å². The van der Waals surface area contributed by atoms with E-state index in [0.717, 1.165) is 12.2 Å². The lowest BCUT2D eigenvalue weighted by atomic mass is 9.95. The zero-order valence-corrected chi connectivity index (χ0v) is 8.99. The van der Waals surface area contributed by atoms with Gasteiger partial charge in [0.25, 0.3) is 0 Å². The number of methoxy groups -OCH3 is 1. The molecule has 0 heterocycles. The van der Waals surface area contributed by atoms with E-state index < -0.39 is 0 Å². The summed E-state index contributed by atoms with van der Waals surface area (Å²) >= 11 is 0. The SMILES string of the molecule is COCC1(c2cccc(CNO)c2)CC1. The van der Waals surface area contributed by atoms with Crippen molar-refractivity contribution in [1.29, 1.82) is 0 Å². The molecule has 0 bridgehead atoms. The maximum Gasteiger partial charge on any atom is 0.0559 e. The molecule has 2 N–H and O–H groups in total. The number of hydrogen-bond donors (Lipinski definition) is 2. The highest BCUT2D eigenvalue weighted by molar-refractivity contribution is 5.34. The highest BCUT2D eigenvalue weighted by Gasteiger charge is 2.44. The van der Waals surface area contributed by atoms with E-state index in [1.165, 1.54) is 18.4 Å². The molecule has 0 atom stereocenters. The Morgan fingerprint density at radius 2 is 2.27 bits per heavy atom. The molecular formula is C12H17NO2. The molecule has 0 spiro atoms. The third-order valence-corrected chi connectivity index (χ3v) is 3.10. The van der Waals surface area contributed by atoms with E-state index >= 15 is 0 Å². The first-order chi connectivity index (χ1) is 7.30. The Kier molecular flexibility index (Phi) is 3.05. The standard InChI is InChI=1S/C12H17NO2/c1-15-9-12(5-6-12)11-4-2-3-10(7-11)8-13-14/h2-4,7,13-14H,5-6,8-9H2,1H3. The molecule has 2 rings (SSSR count). The Morgan fingerprint density at radius 3 is 2.87 bits per heavy atom. The van der Waals surface area contributed by atoms with Crippen molar-refractivity contribution in [3.63, 3.8) is 0 Å². The van der Waals surface area contributed by atoms with Crippen molar-refractivity contribution in [2.45, 2.75) is 24.8 Å². The second-order valence-electron chi connectivity index (χ2n) is 4.25.